The highest BCUT2D eigenvalue weighted by Gasteiger charge is 2.11. The number of carbonyl (C=O) groups excluding carboxylic acids is 1. The number of nitrogens with two attached hydrogens (primary N) is 1. The Balaban J connectivity index is 2.66. The Hall–Kier alpha value is -1.22. The van der Waals surface area contributed by atoms with Crippen LogP contribution < -0.4 is 11.1 Å². The number of hydrogen-bond acceptors (Lipinski definition) is 2. The van der Waals surface area contributed by atoms with Gasteiger partial charge >= 0.3 is 0 Å². The summed E-state index contributed by atoms with van der Waals surface area (Å²) in [7, 11) is 0. The average Bonchev–Trinajstić information content (AvgIpc) is 2.24. The molecule has 0 aliphatic rings. The molecular weight excluding hydrogens is 224 g/mol. The van der Waals surface area contributed by atoms with E-state index in [2.05, 4.69) is 12.2 Å². The minimum absolute atomic E-state index is 0.0157. The van der Waals surface area contributed by atoms with E-state index in [1.807, 2.05) is 6.92 Å². The highest BCUT2D eigenvalue weighted by Crippen LogP contribution is 2.22. The van der Waals surface area contributed by atoms with E-state index < -0.39 is 0 Å². The van der Waals surface area contributed by atoms with E-state index in [1.54, 1.807) is 18.2 Å². The minimum Gasteiger partial charge on any atom is -0.397 e. The molecule has 1 amide bonds. The van der Waals surface area contributed by atoms with Crippen molar-refractivity contribution in [1.29, 1.82) is 0 Å². The predicted molar refractivity (Wildman–Crippen MR) is 68.6 cm³/mol. The Morgan fingerprint density at radius 2 is 2.25 bits per heavy atom. The van der Waals surface area contributed by atoms with Gasteiger partial charge < -0.3 is 11.1 Å². The van der Waals surface area contributed by atoms with Crippen LogP contribution >= 0.6 is 11.6 Å². The Morgan fingerprint density at radius 1 is 1.56 bits per heavy atom. The second-order valence-corrected chi connectivity index (χ2v) is 4.32. The smallest absolute Gasteiger partial charge is 0.227 e. The second-order valence-electron chi connectivity index (χ2n) is 3.92. The van der Waals surface area contributed by atoms with Gasteiger partial charge in [-0.15, -0.1) is 0 Å². The molecule has 88 valence electrons. The lowest BCUT2D eigenvalue weighted by Crippen LogP contribution is -2.20. The molecule has 0 heterocycles. The number of hydrogen-bond donors (Lipinski definition) is 2. The lowest BCUT2D eigenvalue weighted by Gasteiger charge is -2.11. The first-order valence-electron chi connectivity index (χ1n) is 5.40. The highest BCUT2D eigenvalue weighted by molar-refractivity contribution is 6.33. The van der Waals surface area contributed by atoms with Gasteiger partial charge in [-0.05, 0) is 24.6 Å². The summed E-state index contributed by atoms with van der Waals surface area (Å²) in [6.45, 7) is 3.97. The molecule has 1 rings (SSSR count). The molecule has 1 aromatic rings. The highest BCUT2D eigenvalue weighted by atomic mass is 35.5. The van der Waals surface area contributed by atoms with Crippen molar-refractivity contribution < 1.29 is 4.79 Å². The summed E-state index contributed by atoms with van der Waals surface area (Å²) < 4.78 is 0. The average molecular weight is 241 g/mol. The van der Waals surface area contributed by atoms with Gasteiger partial charge in [0.25, 0.3) is 0 Å². The molecule has 0 spiro atoms. The minimum atomic E-state index is 0.0157. The normalized spacial score (nSPS) is 12.2. The molecule has 0 radical (unpaired) electrons. The standard InChI is InChI=1S/C12H17ClN2O/c1-3-4-8(2)12(16)15-9-5-6-10(13)11(14)7-9/h5-8H,3-4,14H2,1-2H3,(H,15,16)/t8-/m1/s1. The van der Waals surface area contributed by atoms with Crippen molar-refractivity contribution in [1.82, 2.24) is 0 Å². The van der Waals surface area contributed by atoms with Crippen LogP contribution in [0.15, 0.2) is 18.2 Å². The molecule has 0 aromatic heterocycles. The van der Waals surface area contributed by atoms with Gasteiger partial charge in [-0.1, -0.05) is 31.9 Å². The van der Waals surface area contributed by atoms with Crippen LogP contribution in [0.1, 0.15) is 26.7 Å². The first kappa shape index (κ1) is 12.8. The Bertz CT molecular complexity index is 379. The Kier molecular flexibility index (Phi) is 4.62. The summed E-state index contributed by atoms with van der Waals surface area (Å²) >= 11 is 5.79. The molecule has 0 saturated heterocycles. The fourth-order valence-electron chi connectivity index (χ4n) is 1.45. The number of nitrogens with one attached hydrogen (secondary N) is 1. The first-order chi connectivity index (χ1) is 7.54. The maximum absolute atomic E-state index is 11.7. The molecule has 0 bridgehead atoms. The van der Waals surface area contributed by atoms with Crippen LogP contribution in [0.4, 0.5) is 11.4 Å². The third-order valence-corrected chi connectivity index (χ3v) is 2.78. The van der Waals surface area contributed by atoms with E-state index in [4.69, 9.17) is 17.3 Å². The summed E-state index contributed by atoms with van der Waals surface area (Å²) in [5, 5.41) is 3.32. The Labute approximate surface area is 101 Å². The van der Waals surface area contributed by atoms with Gasteiger partial charge in [0.1, 0.15) is 0 Å². The van der Waals surface area contributed by atoms with Crippen LogP contribution in [0, 0.1) is 5.92 Å². The number of benzene rings is 1. The zero-order valence-electron chi connectivity index (χ0n) is 9.59. The molecule has 0 fully saturated rings. The Morgan fingerprint density at radius 3 is 2.81 bits per heavy atom. The van der Waals surface area contributed by atoms with Crippen LogP contribution in [0.2, 0.25) is 5.02 Å². The van der Waals surface area contributed by atoms with Crippen LogP contribution in [0.25, 0.3) is 0 Å². The monoisotopic (exact) mass is 240 g/mol. The van der Waals surface area contributed by atoms with E-state index in [0.29, 0.717) is 16.4 Å². The van der Waals surface area contributed by atoms with Crippen molar-refractivity contribution in [3.05, 3.63) is 23.2 Å². The van der Waals surface area contributed by atoms with Gasteiger partial charge in [-0.2, -0.15) is 0 Å². The van der Waals surface area contributed by atoms with Crippen molar-refractivity contribution in [2.75, 3.05) is 11.1 Å². The molecule has 3 N–H and O–H groups in total. The molecule has 0 unspecified atom stereocenters. The molecule has 3 nitrogen and oxygen atoms in total. The van der Waals surface area contributed by atoms with Gasteiger partial charge in [0.15, 0.2) is 0 Å². The zero-order chi connectivity index (χ0) is 12.1. The summed E-state index contributed by atoms with van der Waals surface area (Å²) in [4.78, 5) is 11.7. The van der Waals surface area contributed by atoms with Crippen LogP contribution in [-0.4, -0.2) is 5.91 Å². The van der Waals surface area contributed by atoms with Crippen molar-refractivity contribution >= 4 is 28.9 Å². The number of nitrogen functional groups attached to an aromatic ring is 1. The summed E-state index contributed by atoms with van der Waals surface area (Å²) in [5.41, 5.74) is 6.81. The molecule has 1 atom stereocenters. The summed E-state index contributed by atoms with van der Waals surface area (Å²) in [6, 6.07) is 5.09. The fourth-order valence-corrected chi connectivity index (χ4v) is 1.57. The van der Waals surface area contributed by atoms with Crippen molar-refractivity contribution in [3.8, 4) is 0 Å². The van der Waals surface area contributed by atoms with E-state index >= 15 is 0 Å². The number of rotatable bonds is 4. The third kappa shape index (κ3) is 3.42. The quantitative estimate of drug-likeness (QED) is 0.794. The van der Waals surface area contributed by atoms with E-state index in [0.717, 1.165) is 12.8 Å². The number of halogens is 1. The molecular formula is C12H17ClN2O. The maximum Gasteiger partial charge on any atom is 0.227 e. The van der Waals surface area contributed by atoms with E-state index in [1.165, 1.54) is 0 Å². The zero-order valence-corrected chi connectivity index (χ0v) is 10.3. The predicted octanol–water partition coefficient (Wildman–Crippen LogP) is 3.30. The fraction of sp³-hybridized carbons (Fsp3) is 0.417. The summed E-state index contributed by atoms with van der Waals surface area (Å²) in [5.74, 6) is 0.0328. The lowest BCUT2D eigenvalue weighted by molar-refractivity contribution is -0.119. The SMILES string of the molecule is CCC[C@@H](C)C(=O)Nc1ccc(Cl)c(N)c1. The number of anilines is 2. The lowest BCUT2D eigenvalue weighted by atomic mass is 10.1. The second kappa shape index (κ2) is 5.75. The molecule has 0 saturated carbocycles. The summed E-state index contributed by atoms with van der Waals surface area (Å²) in [6.07, 6.45) is 1.88. The van der Waals surface area contributed by atoms with Gasteiger partial charge in [0, 0.05) is 11.6 Å². The number of carbonyl (C=O) groups is 1. The third-order valence-electron chi connectivity index (χ3n) is 2.43. The van der Waals surface area contributed by atoms with Crippen LogP contribution in [0.5, 0.6) is 0 Å². The van der Waals surface area contributed by atoms with Gasteiger partial charge in [-0.3, -0.25) is 4.79 Å². The van der Waals surface area contributed by atoms with E-state index in [9.17, 15) is 4.79 Å². The molecule has 1 aromatic carbocycles. The van der Waals surface area contributed by atoms with Gasteiger partial charge in [0.2, 0.25) is 5.91 Å². The molecule has 4 heteroatoms. The maximum atomic E-state index is 11.7. The van der Waals surface area contributed by atoms with E-state index in [-0.39, 0.29) is 11.8 Å². The molecule has 16 heavy (non-hydrogen) atoms. The van der Waals surface area contributed by atoms with Crippen LogP contribution in [-0.2, 0) is 4.79 Å². The van der Waals surface area contributed by atoms with Gasteiger partial charge in [0.05, 0.1) is 10.7 Å². The first-order valence-corrected chi connectivity index (χ1v) is 5.78. The van der Waals surface area contributed by atoms with Crippen molar-refractivity contribution in [3.63, 3.8) is 0 Å². The largest absolute Gasteiger partial charge is 0.397 e. The topological polar surface area (TPSA) is 55.1 Å². The number of amides is 1. The van der Waals surface area contributed by atoms with Crippen molar-refractivity contribution in [2.45, 2.75) is 26.7 Å². The molecule has 0 aliphatic carbocycles. The van der Waals surface area contributed by atoms with Crippen LogP contribution in [0.3, 0.4) is 0 Å². The van der Waals surface area contributed by atoms with Gasteiger partial charge in [-0.25, -0.2) is 0 Å². The van der Waals surface area contributed by atoms with Crippen molar-refractivity contribution in [2.24, 2.45) is 5.92 Å². The molecule has 0 aliphatic heterocycles.